The fourth-order valence-corrected chi connectivity index (χ4v) is 1.75. The van der Waals surface area contributed by atoms with Crippen LogP contribution in [0.3, 0.4) is 0 Å². The first kappa shape index (κ1) is 13.5. The first-order chi connectivity index (χ1) is 8.93. The standard InChI is InChI=1S/C13H10F4N2/c14-11-3-1-2-10(13(15,16)17)12(11)8-4-5-9(6-18)19-7-8/h1-5,7H,6,18H2. The number of rotatable bonds is 2. The van der Waals surface area contributed by atoms with E-state index in [9.17, 15) is 17.6 Å². The molecule has 2 nitrogen and oxygen atoms in total. The van der Waals surface area contributed by atoms with Gasteiger partial charge in [0, 0.05) is 23.9 Å². The first-order valence-corrected chi connectivity index (χ1v) is 5.44. The fourth-order valence-electron chi connectivity index (χ4n) is 1.75. The Kier molecular flexibility index (Phi) is 3.53. The third-order valence-corrected chi connectivity index (χ3v) is 2.64. The lowest BCUT2D eigenvalue weighted by Gasteiger charge is -2.13. The number of nitrogens with two attached hydrogens (primary N) is 1. The average Bonchev–Trinajstić information content (AvgIpc) is 2.37. The van der Waals surface area contributed by atoms with Gasteiger partial charge in [-0.15, -0.1) is 0 Å². The molecule has 100 valence electrons. The second-order valence-electron chi connectivity index (χ2n) is 3.90. The molecule has 1 heterocycles. The molecule has 0 aliphatic rings. The van der Waals surface area contributed by atoms with E-state index in [1.807, 2.05) is 0 Å². The lowest BCUT2D eigenvalue weighted by Crippen LogP contribution is -2.08. The molecular formula is C13H10F4N2. The van der Waals surface area contributed by atoms with Crippen LogP contribution in [0.25, 0.3) is 11.1 Å². The summed E-state index contributed by atoms with van der Waals surface area (Å²) in [5.74, 6) is -0.933. The van der Waals surface area contributed by atoms with Crippen LogP contribution in [0.4, 0.5) is 17.6 Å². The summed E-state index contributed by atoms with van der Waals surface area (Å²) in [6.45, 7) is 0.170. The van der Waals surface area contributed by atoms with Crippen molar-refractivity contribution < 1.29 is 17.6 Å². The molecule has 0 aliphatic carbocycles. The SMILES string of the molecule is NCc1ccc(-c2c(F)cccc2C(F)(F)F)cn1. The van der Waals surface area contributed by atoms with Crippen LogP contribution in [-0.4, -0.2) is 4.98 Å². The number of benzene rings is 1. The Balaban J connectivity index is 2.60. The van der Waals surface area contributed by atoms with Gasteiger partial charge < -0.3 is 5.73 Å². The molecule has 1 aromatic carbocycles. The van der Waals surface area contributed by atoms with Gasteiger partial charge in [0.2, 0.25) is 0 Å². The van der Waals surface area contributed by atoms with Gasteiger partial charge in [-0.2, -0.15) is 13.2 Å². The molecule has 6 heteroatoms. The molecule has 0 unspecified atom stereocenters. The number of aromatic nitrogens is 1. The van der Waals surface area contributed by atoms with Crippen molar-refractivity contribution in [1.29, 1.82) is 0 Å². The normalized spacial score (nSPS) is 11.6. The fraction of sp³-hybridized carbons (Fsp3) is 0.154. The number of alkyl halides is 3. The van der Waals surface area contributed by atoms with Gasteiger partial charge in [0.1, 0.15) is 5.82 Å². The topological polar surface area (TPSA) is 38.9 Å². The third kappa shape index (κ3) is 2.73. The Morgan fingerprint density at radius 1 is 1.11 bits per heavy atom. The minimum atomic E-state index is -4.62. The van der Waals surface area contributed by atoms with Crippen LogP contribution in [0, 0.1) is 5.82 Å². The van der Waals surface area contributed by atoms with Crippen LogP contribution in [0.1, 0.15) is 11.3 Å². The Bertz CT molecular complexity index is 576. The van der Waals surface area contributed by atoms with Crippen LogP contribution in [-0.2, 0) is 12.7 Å². The molecule has 0 radical (unpaired) electrons. The number of nitrogens with zero attached hydrogens (tertiary/aromatic N) is 1. The van der Waals surface area contributed by atoms with Crippen molar-refractivity contribution in [2.75, 3.05) is 0 Å². The lowest BCUT2D eigenvalue weighted by molar-refractivity contribution is -0.137. The summed E-state index contributed by atoms with van der Waals surface area (Å²) in [6, 6.07) is 5.71. The summed E-state index contributed by atoms with van der Waals surface area (Å²) in [6.07, 6.45) is -3.43. The number of hydrogen-bond acceptors (Lipinski definition) is 2. The molecule has 0 bridgehead atoms. The van der Waals surface area contributed by atoms with E-state index in [2.05, 4.69) is 4.98 Å². The maximum Gasteiger partial charge on any atom is 0.417 e. The molecule has 0 spiro atoms. The molecule has 2 N–H and O–H groups in total. The lowest BCUT2D eigenvalue weighted by atomic mass is 10.00. The van der Waals surface area contributed by atoms with E-state index in [4.69, 9.17) is 5.73 Å². The van der Waals surface area contributed by atoms with Gasteiger partial charge in [-0.1, -0.05) is 12.1 Å². The van der Waals surface area contributed by atoms with Crippen LogP contribution in [0.2, 0.25) is 0 Å². The third-order valence-electron chi connectivity index (χ3n) is 2.64. The van der Waals surface area contributed by atoms with E-state index < -0.39 is 23.1 Å². The molecule has 0 amide bonds. The van der Waals surface area contributed by atoms with Crippen LogP contribution < -0.4 is 5.73 Å². The predicted molar refractivity (Wildman–Crippen MR) is 62.5 cm³/mol. The van der Waals surface area contributed by atoms with Gasteiger partial charge in [-0.3, -0.25) is 4.98 Å². The van der Waals surface area contributed by atoms with Crippen LogP contribution >= 0.6 is 0 Å². The molecule has 0 saturated carbocycles. The Labute approximate surface area is 106 Å². The Morgan fingerprint density at radius 3 is 2.37 bits per heavy atom. The van der Waals surface area contributed by atoms with Crippen molar-refractivity contribution in [2.24, 2.45) is 5.73 Å². The highest BCUT2D eigenvalue weighted by molar-refractivity contribution is 5.68. The smallest absolute Gasteiger partial charge is 0.325 e. The first-order valence-electron chi connectivity index (χ1n) is 5.44. The van der Waals surface area contributed by atoms with Gasteiger partial charge in [-0.05, 0) is 18.2 Å². The van der Waals surface area contributed by atoms with Gasteiger partial charge in [0.05, 0.1) is 11.3 Å². The molecule has 0 atom stereocenters. The molecule has 19 heavy (non-hydrogen) atoms. The van der Waals surface area contributed by atoms with Crippen LogP contribution in [0.5, 0.6) is 0 Å². The van der Waals surface area contributed by atoms with E-state index >= 15 is 0 Å². The molecule has 0 fully saturated rings. The summed E-state index contributed by atoms with van der Waals surface area (Å²) in [7, 11) is 0. The van der Waals surface area contributed by atoms with Crippen molar-refractivity contribution >= 4 is 0 Å². The monoisotopic (exact) mass is 270 g/mol. The summed E-state index contributed by atoms with van der Waals surface area (Å²) in [5, 5.41) is 0. The van der Waals surface area contributed by atoms with Gasteiger partial charge in [0.25, 0.3) is 0 Å². The van der Waals surface area contributed by atoms with Crippen LogP contribution in [0.15, 0.2) is 36.5 Å². The van der Waals surface area contributed by atoms with Crippen molar-refractivity contribution in [3.8, 4) is 11.1 Å². The summed E-state index contributed by atoms with van der Waals surface area (Å²) >= 11 is 0. The highest BCUT2D eigenvalue weighted by atomic mass is 19.4. The molecule has 2 rings (SSSR count). The van der Waals surface area contributed by atoms with E-state index in [0.717, 1.165) is 18.2 Å². The van der Waals surface area contributed by atoms with E-state index in [-0.39, 0.29) is 12.1 Å². The second kappa shape index (κ2) is 4.97. The largest absolute Gasteiger partial charge is 0.417 e. The summed E-state index contributed by atoms with van der Waals surface area (Å²) in [5.41, 5.74) is 4.43. The predicted octanol–water partition coefficient (Wildman–Crippen LogP) is 3.37. The average molecular weight is 270 g/mol. The molecule has 1 aromatic heterocycles. The number of pyridine rings is 1. The molecular weight excluding hydrogens is 260 g/mol. The van der Waals surface area contributed by atoms with Gasteiger partial charge >= 0.3 is 6.18 Å². The molecule has 0 saturated heterocycles. The van der Waals surface area contributed by atoms with Crippen molar-refractivity contribution in [2.45, 2.75) is 12.7 Å². The Morgan fingerprint density at radius 2 is 1.84 bits per heavy atom. The van der Waals surface area contributed by atoms with Crippen molar-refractivity contribution in [1.82, 2.24) is 4.98 Å². The number of hydrogen-bond donors (Lipinski definition) is 1. The zero-order valence-electron chi connectivity index (χ0n) is 9.71. The zero-order chi connectivity index (χ0) is 14.0. The second-order valence-corrected chi connectivity index (χ2v) is 3.90. The molecule has 0 aliphatic heterocycles. The van der Waals surface area contributed by atoms with Crippen molar-refractivity contribution in [3.05, 3.63) is 53.6 Å². The Hall–Kier alpha value is -1.95. The van der Waals surface area contributed by atoms with Gasteiger partial charge in [-0.25, -0.2) is 4.39 Å². The summed E-state index contributed by atoms with van der Waals surface area (Å²) < 4.78 is 52.3. The van der Waals surface area contributed by atoms with E-state index in [1.54, 1.807) is 0 Å². The minimum absolute atomic E-state index is 0.0719. The minimum Gasteiger partial charge on any atom is -0.325 e. The maximum atomic E-state index is 13.7. The highest BCUT2D eigenvalue weighted by Crippen LogP contribution is 2.38. The maximum absolute atomic E-state index is 13.7. The molecule has 2 aromatic rings. The number of halogens is 4. The highest BCUT2D eigenvalue weighted by Gasteiger charge is 2.34. The summed E-state index contributed by atoms with van der Waals surface area (Å²) in [4.78, 5) is 3.88. The zero-order valence-corrected chi connectivity index (χ0v) is 9.71. The van der Waals surface area contributed by atoms with Gasteiger partial charge in [0.15, 0.2) is 0 Å². The quantitative estimate of drug-likeness (QED) is 0.850. The van der Waals surface area contributed by atoms with E-state index in [1.165, 1.54) is 18.3 Å². The van der Waals surface area contributed by atoms with Crippen molar-refractivity contribution in [3.63, 3.8) is 0 Å². The van der Waals surface area contributed by atoms with E-state index in [0.29, 0.717) is 5.69 Å².